The second kappa shape index (κ2) is 3.33. The number of nitrogens with zero attached hydrogens (tertiary/aromatic N) is 2. The Morgan fingerprint density at radius 1 is 1.71 bits per heavy atom. The van der Waals surface area contributed by atoms with Gasteiger partial charge in [-0.3, -0.25) is 0 Å². The molecule has 0 amide bonds. The summed E-state index contributed by atoms with van der Waals surface area (Å²) in [6.45, 7) is 4.83. The van der Waals surface area contributed by atoms with E-state index in [0.717, 1.165) is 0 Å². The van der Waals surface area contributed by atoms with Gasteiger partial charge in [-0.2, -0.15) is 5.10 Å². The molecule has 0 aliphatic carbocycles. The Bertz CT molecular complexity index is 87.7. The highest BCUT2D eigenvalue weighted by Gasteiger charge is 1.77. The lowest BCUT2D eigenvalue weighted by atomic mass is 10.8. The molecule has 7 heavy (non-hydrogen) atoms. The molecule has 0 N–H and O–H groups in total. The molecule has 0 heterocycles. The van der Waals surface area contributed by atoms with Gasteiger partial charge in [0.1, 0.15) is 0 Å². The molecule has 0 aliphatic rings. The fraction of sp³-hybridized carbons (Fsp3) is 0.500. The minimum absolute atomic E-state index is 0.523. The lowest BCUT2D eigenvalue weighted by Gasteiger charge is -1.89. The first-order valence-electron chi connectivity index (χ1n) is 1.85. The Morgan fingerprint density at radius 3 is 2.43 bits per heavy atom. The number of hydrogen-bond donors (Lipinski definition) is 0. The van der Waals surface area contributed by atoms with Crippen molar-refractivity contribution in [2.24, 2.45) is 10.2 Å². The van der Waals surface area contributed by atoms with Crippen molar-refractivity contribution in [2.45, 2.75) is 6.92 Å². The van der Waals surface area contributed by atoms with Crippen LogP contribution in [0.5, 0.6) is 0 Å². The minimum Gasteiger partial charge on any atom is -0.483 e. The van der Waals surface area contributed by atoms with Gasteiger partial charge in [0.05, 0.1) is 7.11 Å². The second-order valence-electron chi connectivity index (χ2n) is 0.965. The van der Waals surface area contributed by atoms with E-state index in [-0.39, 0.29) is 0 Å². The molecule has 0 aliphatic heterocycles. The van der Waals surface area contributed by atoms with E-state index in [4.69, 9.17) is 0 Å². The maximum Gasteiger partial charge on any atom is 0.205 e. The van der Waals surface area contributed by atoms with Gasteiger partial charge < -0.3 is 4.74 Å². The monoisotopic (exact) mass is 100 g/mol. The van der Waals surface area contributed by atoms with Crippen molar-refractivity contribution in [2.75, 3.05) is 7.11 Å². The predicted molar refractivity (Wildman–Crippen MR) is 29.7 cm³/mol. The first-order chi connectivity index (χ1) is 3.31. The molecule has 0 atom stereocenters. The maximum absolute atomic E-state index is 4.61. The average molecular weight is 100 g/mol. The Morgan fingerprint density at radius 2 is 2.29 bits per heavy atom. The van der Waals surface area contributed by atoms with Crippen molar-refractivity contribution < 1.29 is 4.74 Å². The molecule has 0 rings (SSSR count). The summed E-state index contributed by atoms with van der Waals surface area (Å²) in [5.74, 6) is 0.523. The molecule has 0 fully saturated rings. The Hall–Kier alpha value is -0.860. The largest absolute Gasteiger partial charge is 0.483 e. The molecule has 0 aromatic carbocycles. The molecule has 0 radical (unpaired) electrons. The van der Waals surface area contributed by atoms with Gasteiger partial charge in [-0.25, -0.2) is 0 Å². The van der Waals surface area contributed by atoms with Crippen LogP contribution in [0, 0.1) is 0 Å². The van der Waals surface area contributed by atoms with Crippen molar-refractivity contribution in [3.63, 3.8) is 0 Å². The summed E-state index contributed by atoms with van der Waals surface area (Å²) in [7, 11) is 1.53. The topological polar surface area (TPSA) is 34.0 Å². The van der Waals surface area contributed by atoms with Gasteiger partial charge in [0, 0.05) is 13.6 Å². The van der Waals surface area contributed by atoms with E-state index >= 15 is 0 Å². The van der Waals surface area contributed by atoms with Crippen LogP contribution in [0.2, 0.25) is 0 Å². The van der Waals surface area contributed by atoms with Gasteiger partial charge in [0.2, 0.25) is 5.90 Å². The van der Waals surface area contributed by atoms with Gasteiger partial charge in [-0.05, 0) is 0 Å². The van der Waals surface area contributed by atoms with Crippen LogP contribution >= 0.6 is 0 Å². The third-order valence-electron chi connectivity index (χ3n) is 0.507. The van der Waals surface area contributed by atoms with Gasteiger partial charge in [0.25, 0.3) is 0 Å². The number of ether oxygens (including phenoxy) is 1. The highest BCUT2D eigenvalue weighted by atomic mass is 16.5. The van der Waals surface area contributed by atoms with Crippen molar-refractivity contribution in [1.29, 1.82) is 0 Å². The van der Waals surface area contributed by atoms with Crippen LogP contribution in [0.15, 0.2) is 10.2 Å². The Balaban J connectivity index is 3.49. The molecular weight excluding hydrogens is 92.1 g/mol. The summed E-state index contributed by atoms with van der Waals surface area (Å²) < 4.78 is 4.61. The lowest BCUT2D eigenvalue weighted by Crippen LogP contribution is -1.90. The fourth-order valence-electron chi connectivity index (χ4n) is 0.140. The van der Waals surface area contributed by atoms with Crippen LogP contribution in [-0.2, 0) is 4.74 Å². The van der Waals surface area contributed by atoms with Gasteiger partial charge in [0.15, 0.2) is 0 Å². The summed E-state index contributed by atoms with van der Waals surface area (Å²) in [5.41, 5.74) is 0. The van der Waals surface area contributed by atoms with Crippen LogP contribution in [0.4, 0.5) is 0 Å². The number of hydrogen-bond acceptors (Lipinski definition) is 3. The first-order valence-corrected chi connectivity index (χ1v) is 1.85. The van der Waals surface area contributed by atoms with Crippen LogP contribution < -0.4 is 0 Å². The quantitative estimate of drug-likeness (QED) is 0.271. The summed E-state index contributed by atoms with van der Waals surface area (Å²) >= 11 is 0. The third kappa shape index (κ3) is 2.96. The molecule has 0 aromatic heterocycles. The predicted octanol–water partition coefficient (Wildman–Crippen LogP) is 0.667. The van der Waals surface area contributed by atoms with Crippen molar-refractivity contribution in [1.82, 2.24) is 0 Å². The zero-order valence-electron chi connectivity index (χ0n) is 4.51. The second-order valence-corrected chi connectivity index (χ2v) is 0.965. The van der Waals surface area contributed by atoms with Crippen LogP contribution in [0.3, 0.4) is 0 Å². The third-order valence-corrected chi connectivity index (χ3v) is 0.507. The zero-order chi connectivity index (χ0) is 5.70. The van der Waals surface area contributed by atoms with Crippen molar-refractivity contribution in [3.05, 3.63) is 0 Å². The van der Waals surface area contributed by atoms with Crippen molar-refractivity contribution in [3.8, 4) is 0 Å². The van der Waals surface area contributed by atoms with E-state index in [1.807, 2.05) is 0 Å². The SMILES string of the molecule is C=N/N=C(/C)OC. The Kier molecular flexibility index (Phi) is 2.92. The molecule has 40 valence electrons. The fourth-order valence-corrected chi connectivity index (χ4v) is 0.140. The number of methoxy groups -OCH3 is 1. The average Bonchev–Trinajstić information content (AvgIpc) is 1.68. The summed E-state index contributed by atoms with van der Waals surface area (Å²) in [5, 5.41) is 6.67. The molecule has 0 saturated carbocycles. The molecule has 3 heteroatoms. The molecule has 0 aromatic rings. The highest BCUT2D eigenvalue weighted by Crippen LogP contribution is 1.75. The standard InChI is InChI=1S/C4H8N2O/c1-4(7-3)6-5-2/h2H2,1,3H3/b6-4-. The molecule has 3 nitrogen and oxygen atoms in total. The van der Waals surface area contributed by atoms with Crippen molar-refractivity contribution >= 4 is 12.6 Å². The van der Waals surface area contributed by atoms with Gasteiger partial charge >= 0.3 is 0 Å². The van der Waals surface area contributed by atoms with E-state index in [2.05, 4.69) is 21.7 Å². The molecule has 0 saturated heterocycles. The normalized spacial score (nSPS) is 10.9. The zero-order valence-corrected chi connectivity index (χ0v) is 4.51. The summed E-state index contributed by atoms with van der Waals surface area (Å²) in [4.78, 5) is 0. The molecular formula is C4H8N2O. The highest BCUT2D eigenvalue weighted by molar-refractivity contribution is 5.72. The lowest BCUT2D eigenvalue weighted by molar-refractivity contribution is 0.398. The van der Waals surface area contributed by atoms with E-state index in [0.29, 0.717) is 5.90 Å². The molecule has 0 bridgehead atoms. The van der Waals surface area contributed by atoms with E-state index < -0.39 is 0 Å². The summed E-state index contributed by atoms with van der Waals surface area (Å²) in [6.07, 6.45) is 0. The Labute approximate surface area is 42.7 Å². The molecule has 0 unspecified atom stereocenters. The van der Waals surface area contributed by atoms with E-state index in [1.165, 1.54) is 7.11 Å². The minimum atomic E-state index is 0.523. The van der Waals surface area contributed by atoms with Gasteiger partial charge in [-0.15, -0.1) is 5.10 Å². The maximum atomic E-state index is 4.61. The smallest absolute Gasteiger partial charge is 0.205 e. The van der Waals surface area contributed by atoms with Gasteiger partial charge in [-0.1, -0.05) is 0 Å². The summed E-state index contributed by atoms with van der Waals surface area (Å²) in [6, 6.07) is 0. The van der Waals surface area contributed by atoms with Crippen LogP contribution in [-0.4, -0.2) is 19.7 Å². The molecule has 0 spiro atoms. The van der Waals surface area contributed by atoms with E-state index in [9.17, 15) is 0 Å². The first kappa shape index (κ1) is 6.14. The van der Waals surface area contributed by atoms with Crippen LogP contribution in [0.25, 0.3) is 0 Å². The number of rotatable bonds is 1. The van der Waals surface area contributed by atoms with E-state index in [1.54, 1.807) is 6.92 Å². The van der Waals surface area contributed by atoms with Crippen LogP contribution in [0.1, 0.15) is 6.92 Å².